The van der Waals surface area contributed by atoms with Crippen molar-refractivity contribution in [1.82, 2.24) is 0 Å². The number of nitriles is 1. The van der Waals surface area contributed by atoms with Gasteiger partial charge in [0.1, 0.15) is 0 Å². The maximum absolute atomic E-state index is 8.78. The minimum Gasteiger partial charge on any atom is -0.329 e. The second kappa shape index (κ2) is 4.04. The summed E-state index contributed by atoms with van der Waals surface area (Å²) >= 11 is 0. The Morgan fingerprint density at radius 2 is 2.23 bits per heavy atom. The average Bonchev–Trinajstić information content (AvgIpc) is 2.17. The first-order chi connectivity index (χ1) is 6.19. The van der Waals surface area contributed by atoms with E-state index in [9.17, 15) is 0 Å². The van der Waals surface area contributed by atoms with Crippen LogP contribution in [0.4, 0.5) is 0 Å². The van der Waals surface area contributed by atoms with Crippen LogP contribution in [0.5, 0.6) is 0 Å². The van der Waals surface area contributed by atoms with Crippen molar-refractivity contribution in [2.45, 2.75) is 13.0 Å². The van der Waals surface area contributed by atoms with E-state index in [1.807, 2.05) is 19.1 Å². The first kappa shape index (κ1) is 9.72. The summed E-state index contributed by atoms with van der Waals surface area (Å²) in [6, 6.07) is 7.55. The number of benzene rings is 1. The molecule has 1 aromatic carbocycles. The topological polar surface area (TPSA) is 75.8 Å². The molecule has 0 aliphatic carbocycles. The smallest absolute Gasteiger partial charge is 0.0994 e. The summed E-state index contributed by atoms with van der Waals surface area (Å²) in [4.78, 5) is 0. The molecule has 1 aromatic rings. The van der Waals surface area contributed by atoms with Gasteiger partial charge >= 0.3 is 0 Å². The average molecular weight is 175 g/mol. The molecule has 4 N–H and O–H groups in total. The van der Waals surface area contributed by atoms with Crippen molar-refractivity contribution in [3.63, 3.8) is 0 Å². The molecule has 13 heavy (non-hydrogen) atoms. The zero-order valence-corrected chi connectivity index (χ0v) is 7.62. The van der Waals surface area contributed by atoms with Gasteiger partial charge in [0.15, 0.2) is 0 Å². The Balaban J connectivity index is 3.08. The van der Waals surface area contributed by atoms with Gasteiger partial charge in [-0.15, -0.1) is 0 Å². The highest BCUT2D eigenvalue weighted by Crippen LogP contribution is 2.14. The van der Waals surface area contributed by atoms with Gasteiger partial charge in [-0.25, -0.2) is 0 Å². The standard InChI is InChI=1S/C10H13N3/c1-7-2-3-8(10(13)6-12)4-9(7)5-11/h2-4,10H,6,12-13H2,1H3. The highest BCUT2D eigenvalue weighted by molar-refractivity contribution is 5.40. The second-order valence-electron chi connectivity index (χ2n) is 3.03. The number of aryl methyl sites for hydroxylation is 1. The predicted octanol–water partition coefficient (Wildman–Crippen LogP) is 0.825. The summed E-state index contributed by atoms with van der Waals surface area (Å²) in [5.41, 5.74) is 13.7. The Bertz CT molecular complexity index is 339. The van der Waals surface area contributed by atoms with Crippen LogP contribution in [0.25, 0.3) is 0 Å². The molecule has 3 nitrogen and oxygen atoms in total. The number of nitrogens with two attached hydrogens (primary N) is 2. The van der Waals surface area contributed by atoms with E-state index in [1.165, 1.54) is 0 Å². The van der Waals surface area contributed by atoms with Gasteiger partial charge in [0.05, 0.1) is 11.6 Å². The molecule has 1 atom stereocenters. The first-order valence-corrected chi connectivity index (χ1v) is 4.15. The third-order valence-corrected chi connectivity index (χ3v) is 2.06. The van der Waals surface area contributed by atoms with E-state index in [0.29, 0.717) is 12.1 Å². The Morgan fingerprint density at radius 1 is 1.54 bits per heavy atom. The minimum atomic E-state index is -0.173. The van der Waals surface area contributed by atoms with E-state index in [4.69, 9.17) is 16.7 Å². The fourth-order valence-corrected chi connectivity index (χ4v) is 1.13. The second-order valence-corrected chi connectivity index (χ2v) is 3.03. The minimum absolute atomic E-state index is 0.173. The monoisotopic (exact) mass is 175 g/mol. The van der Waals surface area contributed by atoms with Crippen molar-refractivity contribution in [3.8, 4) is 6.07 Å². The van der Waals surface area contributed by atoms with Crippen molar-refractivity contribution in [2.75, 3.05) is 6.54 Å². The molecule has 0 saturated heterocycles. The molecule has 68 valence electrons. The van der Waals surface area contributed by atoms with Gasteiger partial charge in [0, 0.05) is 12.6 Å². The lowest BCUT2D eigenvalue weighted by Crippen LogP contribution is -2.20. The van der Waals surface area contributed by atoms with E-state index >= 15 is 0 Å². The first-order valence-electron chi connectivity index (χ1n) is 4.15. The molecule has 0 amide bonds. The molecule has 0 aromatic heterocycles. The van der Waals surface area contributed by atoms with Crippen LogP contribution in [0.2, 0.25) is 0 Å². The van der Waals surface area contributed by atoms with Crippen molar-refractivity contribution < 1.29 is 0 Å². The van der Waals surface area contributed by atoms with E-state index in [2.05, 4.69) is 6.07 Å². The third kappa shape index (κ3) is 2.05. The van der Waals surface area contributed by atoms with Gasteiger partial charge in [0.2, 0.25) is 0 Å². The molecule has 1 unspecified atom stereocenters. The number of nitrogens with zero attached hydrogens (tertiary/aromatic N) is 1. The van der Waals surface area contributed by atoms with Crippen LogP contribution < -0.4 is 11.5 Å². The maximum Gasteiger partial charge on any atom is 0.0994 e. The van der Waals surface area contributed by atoms with Crippen molar-refractivity contribution in [1.29, 1.82) is 5.26 Å². The van der Waals surface area contributed by atoms with Gasteiger partial charge in [-0.1, -0.05) is 12.1 Å². The SMILES string of the molecule is Cc1ccc(C(N)CN)cc1C#N. The highest BCUT2D eigenvalue weighted by Gasteiger charge is 2.05. The molecular weight excluding hydrogens is 162 g/mol. The lowest BCUT2D eigenvalue weighted by Gasteiger charge is -2.09. The Kier molecular flexibility index (Phi) is 3.02. The van der Waals surface area contributed by atoms with E-state index in [-0.39, 0.29) is 6.04 Å². The van der Waals surface area contributed by atoms with E-state index in [0.717, 1.165) is 11.1 Å². The molecule has 1 rings (SSSR count). The maximum atomic E-state index is 8.78. The quantitative estimate of drug-likeness (QED) is 0.698. The molecular formula is C10H13N3. The Morgan fingerprint density at radius 3 is 2.77 bits per heavy atom. The van der Waals surface area contributed by atoms with E-state index in [1.54, 1.807) is 6.07 Å². The number of hydrogen-bond acceptors (Lipinski definition) is 3. The van der Waals surface area contributed by atoms with Crippen LogP contribution >= 0.6 is 0 Å². The molecule has 0 aliphatic heterocycles. The summed E-state index contributed by atoms with van der Waals surface area (Å²) in [6.45, 7) is 2.30. The van der Waals surface area contributed by atoms with Crippen LogP contribution in [0.3, 0.4) is 0 Å². The Labute approximate surface area is 78.0 Å². The van der Waals surface area contributed by atoms with E-state index < -0.39 is 0 Å². The van der Waals surface area contributed by atoms with Crippen LogP contribution in [-0.2, 0) is 0 Å². The summed E-state index contributed by atoms with van der Waals surface area (Å²) < 4.78 is 0. The van der Waals surface area contributed by atoms with Crippen molar-refractivity contribution in [3.05, 3.63) is 34.9 Å². The lowest BCUT2D eigenvalue weighted by molar-refractivity contribution is 0.736. The number of rotatable bonds is 2. The van der Waals surface area contributed by atoms with Gasteiger partial charge in [-0.05, 0) is 24.1 Å². The summed E-state index contributed by atoms with van der Waals surface area (Å²) in [5.74, 6) is 0. The largest absolute Gasteiger partial charge is 0.329 e. The van der Waals surface area contributed by atoms with Crippen LogP contribution in [0.15, 0.2) is 18.2 Å². The zero-order valence-electron chi connectivity index (χ0n) is 7.62. The zero-order chi connectivity index (χ0) is 9.84. The molecule has 0 heterocycles. The summed E-state index contributed by atoms with van der Waals surface area (Å²) in [6.07, 6.45) is 0. The molecule has 0 radical (unpaired) electrons. The van der Waals surface area contributed by atoms with Crippen LogP contribution in [0.1, 0.15) is 22.7 Å². The fourth-order valence-electron chi connectivity index (χ4n) is 1.13. The fraction of sp³-hybridized carbons (Fsp3) is 0.300. The molecule has 0 spiro atoms. The van der Waals surface area contributed by atoms with Crippen molar-refractivity contribution in [2.24, 2.45) is 11.5 Å². The number of hydrogen-bond donors (Lipinski definition) is 2. The van der Waals surface area contributed by atoms with Crippen LogP contribution in [-0.4, -0.2) is 6.54 Å². The third-order valence-electron chi connectivity index (χ3n) is 2.06. The van der Waals surface area contributed by atoms with Crippen LogP contribution in [0, 0.1) is 18.3 Å². The molecule has 0 bridgehead atoms. The molecule has 0 fully saturated rings. The van der Waals surface area contributed by atoms with Crippen molar-refractivity contribution >= 4 is 0 Å². The van der Waals surface area contributed by atoms with Gasteiger partial charge in [-0.2, -0.15) is 5.26 Å². The molecule has 0 aliphatic rings. The predicted molar refractivity (Wildman–Crippen MR) is 51.9 cm³/mol. The van der Waals surface area contributed by atoms with Gasteiger partial charge in [0.25, 0.3) is 0 Å². The van der Waals surface area contributed by atoms with Gasteiger partial charge < -0.3 is 11.5 Å². The molecule has 3 heteroatoms. The summed E-state index contributed by atoms with van der Waals surface area (Å²) in [5, 5.41) is 8.78. The van der Waals surface area contributed by atoms with Gasteiger partial charge in [-0.3, -0.25) is 0 Å². The summed E-state index contributed by atoms with van der Waals surface area (Å²) in [7, 11) is 0. The molecule has 0 saturated carbocycles. The highest BCUT2D eigenvalue weighted by atomic mass is 14.7. The Hall–Kier alpha value is -1.37. The lowest BCUT2D eigenvalue weighted by atomic mass is 10.0. The normalized spacial score (nSPS) is 12.2.